The number of phenolic OH excluding ortho intramolecular Hbond substituents is 1. The number of rotatable bonds is 8. The van der Waals surface area contributed by atoms with Crippen molar-refractivity contribution in [3.8, 4) is 5.75 Å². The van der Waals surface area contributed by atoms with Gasteiger partial charge >= 0.3 is 7.12 Å². The number of hydrogen-bond acceptors (Lipinski definition) is 5. The van der Waals surface area contributed by atoms with Gasteiger partial charge in [-0.2, -0.15) is 0 Å². The van der Waals surface area contributed by atoms with Crippen LogP contribution in [0.1, 0.15) is 57.9 Å². The normalized spacial score (nSPS) is 23.7. The third kappa shape index (κ3) is 5.31. The highest BCUT2D eigenvalue weighted by Crippen LogP contribution is 2.41. The van der Waals surface area contributed by atoms with Gasteiger partial charge in [0.25, 0.3) is 0 Å². The molecule has 0 saturated carbocycles. The lowest BCUT2D eigenvalue weighted by atomic mass is 9.74. The second-order valence-corrected chi connectivity index (χ2v) is 10.8. The molecule has 0 aromatic heterocycles. The quantitative estimate of drug-likeness (QED) is 0.438. The molecule has 0 bridgehead atoms. The number of benzene rings is 1. The van der Waals surface area contributed by atoms with Gasteiger partial charge in [0.15, 0.2) is 9.84 Å². The van der Waals surface area contributed by atoms with Crippen LogP contribution in [0.25, 0.3) is 6.08 Å². The van der Waals surface area contributed by atoms with Crippen LogP contribution in [0.2, 0.25) is 11.3 Å². The van der Waals surface area contributed by atoms with Crippen molar-refractivity contribution in [3.63, 3.8) is 0 Å². The smallest absolute Gasteiger partial charge is 0.456 e. The monoisotopic (exact) mass is 452 g/mol. The fourth-order valence-electron chi connectivity index (χ4n) is 4.56. The molecule has 0 aliphatic carbocycles. The Labute approximate surface area is 184 Å². The largest absolute Gasteiger partial charge is 0.508 e. The fourth-order valence-corrected chi connectivity index (χ4v) is 6.95. The molecule has 0 radical (unpaired) electrons. The molecule has 3 rings (SSSR count). The Morgan fingerprint density at radius 1 is 1.30 bits per heavy atom. The summed E-state index contributed by atoms with van der Waals surface area (Å²) in [5.41, 5.74) is 3.89. The fraction of sp³-hybridized carbons (Fsp3) is 0.545. The van der Waals surface area contributed by atoms with Crippen LogP contribution in [-0.2, 0) is 14.5 Å². The van der Waals surface area contributed by atoms with E-state index in [0.29, 0.717) is 11.4 Å². The topological polar surface area (TPSA) is 83.8 Å². The molecule has 1 fully saturated rings. The lowest BCUT2D eigenvalue weighted by Gasteiger charge is -2.32. The maximum atomic E-state index is 12.7. The van der Waals surface area contributed by atoms with E-state index in [2.05, 4.69) is 6.92 Å². The van der Waals surface area contributed by atoms with Gasteiger partial charge in [0, 0.05) is 6.32 Å². The zero-order valence-corrected chi connectivity index (χ0v) is 19.2. The predicted octanol–water partition coefficient (Wildman–Crippen LogP) is 4.78. The Kier molecular flexibility index (Phi) is 7.72. The van der Waals surface area contributed by atoms with Gasteiger partial charge in [-0.15, -0.1) is 0 Å². The SMILES string of the molecule is CCCC1=C2[C@@H](CC/C(=C/c3ccc(O)cc3Cl)CCC)OB(O)C[C@@H]2S(=O)(=O)C1. The van der Waals surface area contributed by atoms with Crippen LogP contribution in [0.4, 0.5) is 0 Å². The van der Waals surface area contributed by atoms with Crippen LogP contribution >= 0.6 is 11.6 Å². The van der Waals surface area contributed by atoms with Crippen molar-refractivity contribution in [1.82, 2.24) is 0 Å². The molecular weight excluding hydrogens is 423 g/mol. The number of sulfone groups is 1. The van der Waals surface area contributed by atoms with E-state index in [1.165, 1.54) is 11.6 Å². The summed E-state index contributed by atoms with van der Waals surface area (Å²) in [6.07, 6.45) is 6.61. The number of hydrogen-bond donors (Lipinski definition) is 2. The zero-order valence-electron chi connectivity index (χ0n) is 17.6. The van der Waals surface area contributed by atoms with Crippen LogP contribution in [0, 0.1) is 0 Å². The first-order valence-corrected chi connectivity index (χ1v) is 12.8. The van der Waals surface area contributed by atoms with Crippen molar-refractivity contribution in [2.75, 3.05) is 5.75 Å². The van der Waals surface area contributed by atoms with Crippen molar-refractivity contribution in [2.24, 2.45) is 0 Å². The van der Waals surface area contributed by atoms with E-state index in [4.69, 9.17) is 16.3 Å². The standard InChI is InChI=1S/C22H30BClO5S/c1-3-5-15(11-16-8-9-18(25)12-19(16)24)7-10-20-22-17(6-4-2)14-30(27,28)21(22)13-23(26)29-20/h8-9,11-12,20-21,25-26H,3-7,10,13-14H2,1-2H3/b15-11+/t20-,21+/m1/s1. The van der Waals surface area contributed by atoms with Crippen LogP contribution < -0.4 is 0 Å². The van der Waals surface area contributed by atoms with Crippen LogP contribution in [0.15, 0.2) is 34.9 Å². The van der Waals surface area contributed by atoms with Crippen LogP contribution in [0.5, 0.6) is 5.75 Å². The molecule has 1 aromatic carbocycles. The Morgan fingerprint density at radius 3 is 2.73 bits per heavy atom. The highest BCUT2D eigenvalue weighted by Gasteiger charge is 2.48. The first kappa shape index (κ1) is 23.4. The summed E-state index contributed by atoms with van der Waals surface area (Å²) in [6, 6.07) is 4.92. The van der Waals surface area contributed by atoms with Gasteiger partial charge in [-0.3, -0.25) is 0 Å². The second-order valence-electron chi connectivity index (χ2n) is 8.22. The molecule has 2 N–H and O–H groups in total. The summed E-state index contributed by atoms with van der Waals surface area (Å²) < 4.78 is 31.2. The minimum atomic E-state index is -3.26. The molecule has 164 valence electrons. The number of phenols is 1. The van der Waals surface area contributed by atoms with Gasteiger partial charge in [-0.1, -0.05) is 55.5 Å². The summed E-state index contributed by atoms with van der Waals surface area (Å²) in [6.45, 7) is 4.15. The lowest BCUT2D eigenvalue weighted by molar-refractivity contribution is 0.169. The molecule has 1 aromatic rings. The van der Waals surface area contributed by atoms with Gasteiger partial charge < -0.3 is 14.8 Å². The minimum Gasteiger partial charge on any atom is -0.508 e. The molecule has 8 heteroatoms. The molecule has 0 spiro atoms. The Morgan fingerprint density at radius 2 is 2.07 bits per heavy atom. The van der Waals surface area contributed by atoms with E-state index in [9.17, 15) is 18.5 Å². The zero-order chi connectivity index (χ0) is 21.9. The maximum Gasteiger partial charge on any atom is 0.456 e. The summed E-state index contributed by atoms with van der Waals surface area (Å²) in [7, 11) is -4.31. The van der Waals surface area contributed by atoms with Crippen molar-refractivity contribution >= 4 is 34.6 Å². The number of fused-ring (bicyclic) bond motifs is 1. The van der Waals surface area contributed by atoms with E-state index in [1.807, 2.05) is 13.0 Å². The number of allylic oxidation sites excluding steroid dienone is 1. The summed E-state index contributed by atoms with van der Waals surface area (Å²) in [5, 5.41) is 19.6. The van der Waals surface area contributed by atoms with Crippen molar-refractivity contribution in [2.45, 2.75) is 70.0 Å². The molecular formula is C22H30BClO5S. The van der Waals surface area contributed by atoms with E-state index in [1.54, 1.807) is 12.1 Å². The molecule has 0 unspecified atom stereocenters. The number of aromatic hydroxyl groups is 1. The molecule has 2 heterocycles. The Bertz CT molecular complexity index is 941. The average molecular weight is 453 g/mol. The Balaban J connectivity index is 1.83. The highest BCUT2D eigenvalue weighted by atomic mass is 35.5. The highest BCUT2D eigenvalue weighted by molar-refractivity contribution is 7.92. The maximum absolute atomic E-state index is 12.7. The molecule has 30 heavy (non-hydrogen) atoms. The average Bonchev–Trinajstić information content (AvgIpc) is 2.92. The lowest BCUT2D eigenvalue weighted by Crippen LogP contribution is -2.41. The molecule has 5 nitrogen and oxygen atoms in total. The third-order valence-electron chi connectivity index (χ3n) is 5.84. The van der Waals surface area contributed by atoms with Crippen LogP contribution in [-0.4, -0.2) is 42.8 Å². The molecule has 1 saturated heterocycles. The minimum absolute atomic E-state index is 0.0915. The molecule has 2 aliphatic rings. The number of halogens is 1. The third-order valence-corrected chi connectivity index (χ3v) is 8.23. The Hall–Kier alpha value is -1.28. The summed E-state index contributed by atoms with van der Waals surface area (Å²) in [4.78, 5) is 0. The van der Waals surface area contributed by atoms with Gasteiger partial charge in [-0.25, -0.2) is 8.42 Å². The predicted molar refractivity (Wildman–Crippen MR) is 122 cm³/mol. The summed E-state index contributed by atoms with van der Waals surface area (Å²) in [5.74, 6) is 0.219. The molecule has 0 amide bonds. The van der Waals surface area contributed by atoms with Crippen molar-refractivity contribution in [1.29, 1.82) is 0 Å². The first-order chi connectivity index (χ1) is 14.2. The van der Waals surface area contributed by atoms with Crippen LogP contribution in [0.3, 0.4) is 0 Å². The van der Waals surface area contributed by atoms with Gasteiger partial charge in [0.05, 0.1) is 22.1 Å². The van der Waals surface area contributed by atoms with E-state index in [-0.39, 0.29) is 23.9 Å². The van der Waals surface area contributed by atoms with Crippen molar-refractivity contribution < 1.29 is 23.2 Å². The van der Waals surface area contributed by atoms with E-state index >= 15 is 0 Å². The first-order valence-electron chi connectivity index (χ1n) is 10.7. The van der Waals surface area contributed by atoms with Crippen molar-refractivity contribution in [3.05, 3.63) is 45.5 Å². The van der Waals surface area contributed by atoms with Gasteiger partial charge in [0.2, 0.25) is 0 Å². The van der Waals surface area contributed by atoms with Gasteiger partial charge in [-0.05, 0) is 55.0 Å². The summed E-state index contributed by atoms with van der Waals surface area (Å²) >= 11 is 6.26. The molecule has 2 aliphatic heterocycles. The van der Waals surface area contributed by atoms with E-state index < -0.39 is 22.2 Å². The molecule has 2 atom stereocenters. The van der Waals surface area contributed by atoms with E-state index in [0.717, 1.165) is 48.8 Å². The second kappa shape index (κ2) is 9.90. The van der Waals surface area contributed by atoms with Gasteiger partial charge in [0.1, 0.15) is 5.75 Å².